The summed E-state index contributed by atoms with van der Waals surface area (Å²) in [5.74, 6) is -3.60. The van der Waals surface area contributed by atoms with Crippen LogP contribution in [0.5, 0.6) is 0 Å². The van der Waals surface area contributed by atoms with Crippen LogP contribution >= 0.6 is 47.0 Å². The van der Waals surface area contributed by atoms with Gasteiger partial charge in [0.15, 0.2) is 11.9 Å². The molecule has 126 heavy (non-hydrogen) atoms. The van der Waals surface area contributed by atoms with Gasteiger partial charge in [-0.15, -0.1) is 47.0 Å². The van der Waals surface area contributed by atoms with E-state index in [-0.39, 0.29) is 97.4 Å². The summed E-state index contributed by atoms with van der Waals surface area (Å²) < 4.78 is 0. The van der Waals surface area contributed by atoms with Gasteiger partial charge in [-0.2, -0.15) is 0 Å². The van der Waals surface area contributed by atoms with Crippen molar-refractivity contribution < 1.29 is 38.4 Å². The van der Waals surface area contributed by atoms with Crippen molar-refractivity contribution >= 4 is 152 Å². The molecule has 672 valence electrons. The molecule has 9 rings (SSSR count). The number of hydrogen-bond donors (Lipinski definition) is 22. The molecule has 4 atom stereocenters. The second-order valence-electron chi connectivity index (χ2n) is 33.9. The molecule has 0 radical (unpaired) electrons. The van der Waals surface area contributed by atoms with E-state index in [9.17, 15) is 19.2 Å². The Morgan fingerprint density at radius 1 is 0.437 bits per heavy atom. The number of anilines is 8. The Morgan fingerprint density at radius 2 is 0.762 bits per heavy atom. The SMILES string of the molecule is CC(C)(C)c1cc2c(c(NC(=O)[C@H](N)Cc3ccccc3)c1)SCCNC(C)(C)c1cc(c(SCCN)c(NC(=O)[C@H](N)CCCNC(=N)N)c1)NC(=O)c1cccc(c1)C(=O)Nc1cc(cc(NC(=O)[C@H](N)CCCNC(=N)N)c1SCCN)C(C)(C)NCCSc1c(cc(C(C)(C)C)cc1NC(=O)[C@H](N)Cc1ccccc1)NC(=O)c1cccc(c1)C(=O)N2. The first-order valence-electron chi connectivity index (χ1n) is 41.8. The summed E-state index contributed by atoms with van der Waals surface area (Å²) in [7, 11) is 0. The largest absolute Gasteiger partial charge is 0.370 e. The lowest BCUT2D eigenvalue weighted by atomic mass is 9.86. The second kappa shape index (κ2) is 45.5. The molecule has 1 aliphatic rings. The molecule has 34 heteroatoms. The highest BCUT2D eigenvalue weighted by Crippen LogP contribution is 2.45. The van der Waals surface area contributed by atoms with Crippen LogP contribution in [0.15, 0.2) is 177 Å². The van der Waals surface area contributed by atoms with Crippen LogP contribution in [-0.4, -0.2) is 146 Å². The van der Waals surface area contributed by atoms with Gasteiger partial charge >= 0.3 is 0 Å². The second-order valence-corrected chi connectivity index (χ2v) is 38.3. The van der Waals surface area contributed by atoms with Crippen LogP contribution in [0.25, 0.3) is 0 Å². The van der Waals surface area contributed by atoms with E-state index in [0.29, 0.717) is 114 Å². The van der Waals surface area contributed by atoms with Gasteiger partial charge in [0, 0.05) is 95.6 Å². The van der Waals surface area contributed by atoms with Gasteiger partial charge < -0.3 is 110 Å². The first-order chi connectivity index (χ1) is 59.7. The van der Waals surface area contributed by atoms with E-state index in [1.165, 1.54) is 59.2 Å². The third-order valence-electron chi connectivity index (χ3n) is 20.8. The Labute approximate surface area is 754 Å². The van der Waals surface area contributed by atoms with Crippen molar-refractivity contribution in [2.24, 2.45) is 45.9 Å². The van der Waals surface area contributed by atoms with Gasteiger partial charge in [-0.05, 0) is 195 Å². The number of nitrogens with one attached hydrogen (secondary N) is 14. The van der Waals surface area contributed by atoms with Crippen LogP contribution in [0, 0.1) is 10.8 Å². The zero-order valence-corrected chi connectivity index (χ0v) is 76.4. The molecule has 30 nitrogen and oxygen atoms in total. The zero-order valence-electron chi connectivity index (χ0n) is 73.2. The van der Waals surface area contributed by atoms with E-state index in [1.54, 1.807) is 60.7 Å². The molecule has 8 aromatic carbocycles. The van der Waals surface area contributed by atoms with Gasteiger partial charge in [0.1, 0.15) is 0 Å². The molecular formula is C92H122N22O8S4. The van der Waals surface area contributed by atoms with Crippen molar-refractivity contribution in [2.45, 2.75) is 173 Å². The summed E-state index contributed by atoms with van der Waals surface area (Å²) in [6.07, 6.45) is 1.69. The van der Waals surface area contributed by atoms with Crippen LogP contribution < -0.4 is 110 Å². The normalized spacial score (nSPS) is 15.1. The molecule has 0 saturated carbocycles. The predicted molar refractivity (Wildman–Crippen MR) is 516 cm³/mol. The highest BCUT2D eigenvalue weighted by atomic mass is 32.2. The summed E-state index contributed by atoms with van der Waals surface area (Å²) in [4.78, 5) is 121. The highest BCUT2D eigenvalue weighted by Gasteiger charge is 2.33. The van der Waals surface area contributed by atoms with E-state index in [1.807, 2.05) is 154 Å². The minimum atomic E-state index is -1.02. The highest BCUT2D eigenvalue weighted by molar-refractivity contribution is 8.00. The molecule has 0 aliphatic carbocycles. The van der Waals surface area contributed by atoms with Crippen molar-refractivity contribution in [1.82, 2.24) is 21.3 Å². The summed E-state index contributed by atoms with van der Waals surface area (Å²) in [6, 6.07) is 42.0. The molecule has 1 heterocycles. The lowest BCUT2D eigenvalue weighted by Gasteiger charge is -2.30. The Hall–Kier alpha value is -10.9. The summed E-state index contributed by atoms with van der Waals surface area (Å²) in [6.45, 7) is 21.3. The van der Waals surface area contributed by atoms with Gasteiger partial charge in [-0.3, -0.25) is 49.2 Å². The van der Waals surface area contributed by atoms with Crippen molar-refractivity contribution in [2.75, 3.05) is 105 Å². The third kappa shape index (κ3) is 28.6. The van der Waals surface area contributed by atoms with Crippen LogP contribution in [-0.2, 0) is 53.9 Å². The number of thioether (sulfide) groups is 4. The Bertz CT molecular complexity index is 4930. The number of hydrogen-bond acceptors (Lipinski definition) is 22. The molecule has 8 amide bonds. The van der Waals surface area contributed by atoms with Crippen molar-refractivity contribution in [3.63, 3.8) is 0 Å². The molecule has 8 aromatic rings. The topological polar surface area (TPSA) is 537 Å². The van der Waals surface area contributed by atoms with E-state index >= 15 is 19.2 Å². The maximum absolute atomic E-state index is 15.3. The summed E-state index contributed by atoms with van der Waals surface area (Å²) in [5.41, 5.74) is 54.5. The summed E-state index contributed by atoms with van der Waals surface area (Å²) in [5, 5.41) is 53.2. The fourth-order valence-corrected chi connectivity index (χ4v) is 17.2. The predicted octanol–water partition coefficient (Wildman–Crippen LogP) is 11.0. The fourth-order valence-electron chi connectivity index (χ4n) is 13.6. The van der Waals surface area contributed by atoms with Crippen molar-refractivity contribution in [3.8, 4) is 0 Å². The molecule has 0 spiro atoms. The molecule has 1 aliphatic heterocycles. The molecule has 30 N–H and O–H groups in total. The molecule has 8 bridgehead atoms. The fraction of sp³-hybridized carbons (Fsp3) is 0.370. The van der Waals surface area contributed by atoms with Crippen molar-refractivity contribution in [3.05, 3.63) is 213 Å². The number of amides is 8. The minimum Gasteiger partial charge on any atom is -0.370 e. The molecular weight excluding hydrogens is 1670 g/mol. The van der Waals surface area contributed by atoms with Crippen molar-refractivity contribution in [1.29, 1.82) is 10.8 Å². The maximum Gasteiger partial charge on any atom is 0.255 e. The number of nitrogens with two attached hydrogens (primary N) is 8. The number of rotatable bonds is 26. The Balaban J connectivity index is 1.20. The zero-order chi connectivity index (χ0) is 91.8. The number of guanidine groups is 2. The Morgan fingerprint density at radius 3 is 1.09 bits per heavy atom. The number of fused-ring (bicyclic) bond motifs is 10. The minimum absolute atomic E-state index is 0.0745. The molecule has 0 fully saturated rings. The van der Waals surface area contributed by atoms with E-state index < -0.39 is 93.3 Å². The van der Waals surface area contributed by atoms with E-state index in [2.05, 4.69) is 63.8 Å². The number of carbonyl (C=O) groups excluding carboxylic acids is 8. The van der Waals surface area contributed by atoms with Gasteiger partial charge in [-0.25, -0.2) is 0 Å². The quantitative estimate of drug-likeness (QED) is 0.0104. The number of benzene rings is 8. The standard InChI is InChI=1S/C92H122N22O8S4/c1-89(2,3)59-45-67-77(69(47-59)113-85(121)65(97)41-53-21-13-11-14-22-53)125-39-35-105-91(7,8)61-49-71(75(123-37-31-93)73(51-61)111-83(119)63(95)29-19-33-103-87(99)100)109-81(117)57-27-18-28-58(44-57)82(118)110-72-50-62(52-74(76(72)124-38-32-94)112-84(120)64(96)30-20-34-104-88(101)102)92(9,10)106-36-40-126-78-68(108-80(116)56-26-17-25-55(43-56)79(115)107-67)46-60(90(4,5)6)48-70(78)114-86(122)66(98)42-54-23-15-12-16-24-54/h11-18,21-28,43-52,63-66,105-106H,19-20,29-42,93-98H2,1-10H3,(H,107,115)(H,108,116)(H,109,117)(H,110,118)(H,111,119)(H,112,120)(H,113,121)(H,114,122)(H4,99,100,103)(H4,101,102,104)/t63-,64-,65-,66-/m1/s1. The average molecular weight is 1790 g/mol. The lowest BCUT2D eigenvalue weighted by Crippen LogP contribution is -2.39. The van der Waals surface area contributed by atoms with Gasteiger partial charge in [0.25, 0.3) is 23.6 Å². The maximum atomic E-state index is 15.3. The summed E-state index contributed by atoms with van der Waals surface area (Å²) >= 11 is 5.27. The Kier molecular flexibility index (Phi) is 35.7. The first-order valence-corrected chi connectivity index (χ1v) is 45.8. The van der Waals surface area contributed by atoms with Gasteiger partial charge in [0.2, 0.25) is 23.6 Å². The van der Waals surface area contributed by atoms with E-state index in [0.717, 1.165) is 22.3 Å². The van der Waals surface area contributed by atoms with Gasteiger partial charge in [0.05, 0.1) is 89.2 Å². The molecule has 0 aromatic heterocycles. The smallest absolute Gasteiger partial charge is 0.255 e. The van der Waals surface area contributed by atoms with Crippen LogP contribution in [0.4, 0.5) is 45.5 Å². The van der Waals surface area contributed by atoms with Crippen LogP contribution in [0.3, 0.4) is 0 Å². The first kappa shape index (κ1) is 98.9. The monoisotopic (exact) mass is 1790 g/mol. The van der Waals surface area contributed by atoms with Gasteiger partial charge in [-0.1, -0.05) is 114 Å². The van der Waals surface area contributed by atoms with Crippen LogP contribution in [0.2, 0.25) is 0 Å². The number of carbonyl (C=O) groups is 8. The molecule has 0 saturated heterocycles. The lowest BCUT2D eigenvalue weighted by molar-refractivity contribution is -0.118. The molecule has 0 unspecified atom stereocenters. The van der Waals surface area contributed by atoms with E-state index in [4.69, 9.17) is 56.7 Å². The van der Waals surface area contributed by atoms with Crippen LogP contribution in [0.1, 0.15) is 170 Å². The average Bonchev–Trinajstić information content (AvgIpc) is 0.784. The third-order valence-corrected chi connectivity index (χ3v) is 25.5.